The summed E-state index contributed by atoms with van der Waals surface area (Å²) >= 11 is 1.51. The summed E-state index contributed by atoms with van der Waals surface area (Å²) in [5.41, 5.74) is 2.51. The van der Waals surface area contributed by atoms with Crippen molar-refractivity contribution in [1.29, 1.82) is 0 Å². The van der Waals surface area contributed by atoms with E-state index in [-0.39, 0.29) is 5.91 Å². The Morgan fingerprint density at radius 3 is 2.46 bits per heavy atom. The number of hydrogen-bond donors (Lipinski definition) is 1. The van der Waals surface area contributed by atoms with Crippen LogP contribution in [-0.4, -0.2) is 59.3 Å². The summed E-state index contributed by atoms with van der Waals surface area (Å²) in [5, 5.41) is 0.697. The topological polar surface area (TPSA) is 50.1 Å². The summed E-state index contributed by atoms with van der Waals surface area (Å²) < 4.78 is 6.44. The smallest absolute Gasteiger partial charge is 0.260 e. The molecule has 1 heterocycles. The van der Waals surface area contributed by atoms with Crippen LogP contribution in [0.5, 0.6) is 5.75 Å². The van der Waals surface area contributed by atoms with Crippen molar-refractivity contribution in [3.63, 3.8) is 0 Å². The van der Waals surface area contributed by atoms with E-state index in [2.05, 4.69) is 14.1 Å². The van der Waals surface area contributed by atoms with Crippen LogP contribution in [0.25, 0.3) is 10.2 Å². The summed E-state index contributed by atoms with van der Waals surface area (Å²) in [4.78, 5) is 23.1. The van der Waals surface area contributed by atoms with Crippen molar-refractivity contribution >= 4 is 38.3 Å². The first-order valence-electron chi connectivity index (χ1n) is 9.22. The summed E-state index contributed by atoms with van der Waals surface area (Å²) in [6, 6.07) is 13.5. The molecular formula is C21H27N4O2S+. The fraction of sp³-hybridized carbons (Fsp3) is 0.333. The molecule has 0 aliphatic heterocycles. The number of thiazole rings is 1. The first-order valence-corrected chi connectivity index (χ1v) is 10.0. The second-order valence-electron chi connectivity index (χ2n) is 7.16. The maximum absolute atomic E-state index is 13.3. The monoisotopic (exact) mass is 399 g/mol. The number of carbonyl (C=O) groups is 1. The van der Waals surface area contributed by atoms with Crippen molar-refractivity contribution in [2.24, 2.45) is 0 Å². The Morgan fingerprint density at radius 2 is 1.86 bits per heavy atom. The molecule has 148 valence electrons. The second-order valence-corrected chi connectivity index (χ2v) is 8.17. The molecule has 0 spiro atoms. The number of amides is 1. The van der Waals surface area contributed by atoms with Crippen LogP contribution in [0.2, 0.25) is 0 Å². The van der Waals surface area contributed by atoms with Crippen LogP contribution in [0.4, 0.5) is 10.8 Å². The summed E-state index contributed by atoms with van der Waals surface area (Å²) in [6.07, 6.45) is 0. The molecule has 1 aromatic heterocycles. The highest BCUT2D eigenvalue weighted by atomic mass is 32.1. The average Bonchev–Trinajstić information content (AvgIpc) is 3.11. The molecule has 3 rings (SSSR count). The molecule has 6 nitrogen and oxygen atoms in total. The van der Waals surface area contributed by atoms with Crippen molar-refractivity contribution in [2.75, 3.05) is 58.2 Å². The summed E-state index contributed by atoms with van der Waals surface area (Å²) in [6.45, 7) is 1.42. The number of aromatic nitrogens is 1. The molecule has 1 N–H and O–H groups in total. The van der Waals surface area contributed by atoms with Gasteiger partial charge in [-0.15, -0.1) is 0 Å². The van der Waals surface area contributed by atoms with E-state index in [9.17, 15) is 4.79 Å². The summed E-state index contributed by atoms with van der Waals surface area (Å²) in [7, 11) is 9.76. The van der Waals surface area contributed by atoms with Crippen molar-refractivity contribution in [3.05, 3.63) is 48.0 Å². The number of methoxy groups -OCH3 is 1. The lowest BCUT2D eigenvalue weighted by Gasteiger charge is -2.21. The maximum atomic E-state index is 13.3. The van der Waals surface area contributed by atoms with Gasteiger partial charge < -0.3 is 14.5 Å². The Balaban J connectivity index is 1.97. The second kappa shape index (κ2) is 8.58. The minimum absolute atomic E-state index is 0.0374. The number of quaternary nitrogens is 1. The molecule has 3 aromatic rings. The van der Waals surface area contributed by atoms with E-state index in [1.165, 1.54) is 16.2 Å². The van der Waals surface area contributed by atoms with Gasteiger partial charge in [-0.2, -0.15) is 0 Å². The number of benzene rings is 2. The van der Waals surface area contributed by atoms with Gasteiger partial charge in [0.2, 0.25) is 0 Å². The van der Waals surface area contributed by atoms with Crippen molar-refractivity contribution < 1.29 is 14.4 Å². The van der Waals surface area contributed by atoms with Gasteiger partial charge in [0, 0.05) is 25.3 Å². The van der Waals surface area contributed by atoms with Gasteiger partial charge in [-0.25, -0.2) is 4.98 Å². The first-order chi connectivity index (χ1) is 13.4. The summed E-state index contributed by atoms with van der Waals surface area (Å²) in [5.74, 6) is 0.686. The van der Waals surface area contributed by atoms with E-state index in [1.54, 1.807) is 12.0 Å². The van der Waals surface area contributed by atoms with E-state index in [1.807, 2.05) is 61.5 Å². The number of ether oxygens (including phenoxy) is 1. The van der Waals surface area contributed by atoms with Crippen molar-refractivity contribution in [1.82, 2.24) is 4.98 Å². The molecule has 0 saturated heterocycles. The zero-order valence-corrected chi connectivity index (χ0v) is 17.8. The van der Waals surface area contributed by atoms with Crippen LogP contribution in [0.15, 0.2) is 42.5 Å². The number of hydrogen-bond acceptors (Lipinski definition) is 5. The van der Waals surface area contributed by atoms with Crippen LogP contribution in [-0.2, 0) is 0 Å². The highest BCUT2D eigenvalue weighted by Gasteiger charge is 2.23. The number of fused-ring (bicyclic) bond motifs is 1. The predicted octanol–water partition coefficient (Wildman–Crippen LogP) is 2.16. The maximum Gasteiger partial charge on any atom is 0.260 e. The molecule has 28 heavy (non-hydrogen) atoms. The highest BCUT2D eigenvalue weighted by molar-refractivity contribution is 7.22. The van der Waals surface area contributed by atoms with E-state index in [4.69, 9.17) is 9.72 Å². The number of rotatable bonds is 7. The number of carbonyl (C=O) groups excluding carboxylic acids is 1. The van der Waals surface area contributed by atoms with Gasteiger partial charge >= 0.3 is 0 Å². The lowest BCUT2D eigenvalue weighted by atomic mass is 10.1. The fourth-order valence-corrected chi connectivity index (χ4v) is 3.88. The normalized spacial score (nSPS) is 11.1. The van der Waals surface area contributed by atoms with Crippen molar-refractivity contribution in [3.8, 4) is 5.75 Å². The zero-order chi connectivity index (χ0) is 20.3. The fourth-order valence-electron chi connectivity index (χ4n) is 2.87. The van der Waals surface area contributed by atoms with E-state index in [0.717, 1.165) is 28.2 Å². The quantitative estimate of drug-likeness (QED) is 0.662. The molecule has 0 atom stereocenters. The molecule has 0 fully saturated rings. The third-order valence-electron chi connectivity index (χ3n) is 4.53. The third kappa shape index (κ3) is 4.26. The van der Waals surface area contributed by atoms with Crippen LogP contribution >= 0.6 is 11.3 Å². The molecule has 0 bridgehead atoms. The molecule has 7 heteroatoms. The molecule has 2 aromatic carbocycles. The van der Waals surface area contributed by atoms with E-state index >= 15 is 0 Å². The lowest BCUT2D eigenvalue weighted by Crippen LogP contribution is -3.06. The minimum atomic E-state index is -0.0374. The van der Waals surface area contributed by atoms with Crippen LogP contribution in [0.1, 0.15) is 10.4 Å². The number of nitrogens with zero attached hydrogens (tertiary/aromatic N) is 3. The predicted molar refractivity (Wildman–Crippen MR) is 116 cm³/mol. The van der Waals surface area contributed by atoms with Gasteiger partial charge in [-0.05, 0) is 36.4 Å². The number of likely N-dealkylation sites (N-methyl/N-ethyl adjacent to an activating group) is 1. The van der Waals surface area contributed by atoms with Crippen LogP contribution < -0.4 is 19.4 Å². The zero-order valence-electron chi connectivity index (χ0n) is 17.0. The largest absolute Gasteiger partial charge is 0.494 e. The molecule has 0 aliphatic carbocycles. The van der Waals surface area contributed by atoms with Gasteiger partial charge in [-0.1, -0.05) is 17.4 Å². The van der Waals surface area contributed by atoms with E-state index in [0.29, 0.717) is 17.2 Å². The molecule has 0 radical (unpaired) electrons. The Labute approximate surface area is 170 Å². The SMILES string of the molecule is COc1cccc2sc(N(CC[NH+](C)C)C(=O)c3ccc(N(C)C)cc3)nc12. The molecular weight excluding hydrogens is 372 g/mol. The van der Waals surface area contributed by atoms with Gasteiger partial charge in [0.05, 0.1) is 39.0 Å². The standard InChI is InChI=1S/C21H26N4O2S/c1-23(2)13-14-25(20(26)15-9-11-16(12-10-15)24(3)4)21-22-19-17(27-5)7-6-8-18(19)28-21/h6-12H,13-14H2,1-5H3/p+1. The van der Waals surface area contributed by atoms with Gasteiger partial charge in [-0.3, -0.25) is 9.69 Å². The van der Waals surface area contributed by atoms with Gasteiger partial charge in [0.25, 0.3) is 5.91 Å². The lowest BCUT2D eigenvalue weighted by molar-refractivity contribution is -0.856. The molecule has 0 unspecified atom stereocenters. The first kappa shape index (κ1) is 20.1. The Morgan fingerprint density at radius 1 is 1.14 bits per heavy atom. The third-order valence-corrected chi connectivity index (χ3v) is 5.58. The van der Waals surface area contributed by atoms with Gasteiger partial charge in [0.1, 0.15) is 11.3 Å². The number of anilines is 2. The van der Waals surface area contributed by atoms with E-state index < -0.39 is 0 Å². The highest BCUT2D eigenvalue weighted by Crippen LogP contribution is 2.34. The number of para-hydroxylation sites is 1. The molecule has 0 aliphatic rings. The van der Waals surface area contributed by atoms with Crippen LogP contribution in [0, 0.1) is 0 Å². The van der Waals surface area contributed by atoms with Crippen LogP contribution in [0.3, 0.4) is 0 Å². The minimum Gasteiger partial charge on any atom is -0.494 e. The van der Waals surface area contributed by atoms with Crippen molar-refractivity contribution in [2.45, 2.75) is 0 Å². The Hall–Kier alpha value is -2.64. The van der Waals surface area contributed by atoms with Gasteiger partial charge in [0.15, 0.2) is 5.13 Å². The Kier molecular flexibility index (Phi) is 6.16. The molecule has 0 saturated carbocycles. The Bertz CT molecular complexity index is 951. The number of nitrogens with one attached hydrogen (secondary N) is 1. The molecule has 1 amide bonds. The average molecular weight is 400 g/mol.